The molecule has 2 N–H and O–H groups in total. The zero-order chi connectivity index (χ0) is 18.8. The maximum Gasteiger partial charge on any atom is 0.298 e. The number of benzene rings is 1. The van der Waals surface area contributed by atoms with Gasteiger partial charge in [0.15, 0.2) is 5.58 Å². The van der Waals surface area contributed by atoms with Gasteiger partial charge >= 0.3 is 0 Å². The van der Waals surface area contributed by atoms with Crippen LogP contribution in [0, 0.1) is 5.92 Å². The van der Waals surface area contributed by atoms with Gasteiger partial charge in [-0.15, -0.1) is 0 Å². The molecule has 1 aliphatic heterocycles. The van der Waals surface area contributed by atoms with Crippen LogP contribution in [0.5, 0.6) is 0 Å². The number of halogens is 1. The van der Waals surface area contributed by atoms with E-state index in [0.717, 1.165) is 37.7 Å². The topological polar surface area (TPSA) is 87.5 Å². The predicted molar refractivity (Wildman–Crippen MR) is 103 cm³/mol. The van der Waals surface area contributed by atoms with E-state index in [1.165, 1.54) is 0 Å². The number of anilines is 1. The molecule has 1 saturated heterocycles. The number of hydrogen-bond donors (Lipinski definition) is 2. The highest BCUT2D eigenvalue weighted by molar-refractivity contribution is 6.31. The molecule has 2 fully saturated rings. The van der Waals surface area contributed by atoms with Crippen LogP contribution >= 0.6 is 11.6 Å². The summed E-state index contributed by atoms with van der Waals surface area (Å²) in [5.74, 6) is 0.0160. The van der Waals surface area contributed by atoms with Crippen molar-refractivity contribution in [3.05, 3.63) is 23.2 Å². The molecule has 2 aliphatic rings. The lowest BCUT2D eigenvalue weighted by Gasteiger charge is -2.31. The van der Waals surface area contributed by atoms with Crippen LogP contribution < -0.4 is 15.5 Å². The van der Waals surface area contributed by atoms with E-state index in [1.54, 1.807) is 12.1 Å². The Balaban J connectivity index is 1.30. The van der Waals surface area contributed by atoms with Gasteiger partial charge in [-0.2, -0.15) is 4.98 Å². The molecule has 2 heterocycles. The number of fused-ring (bicyclic) bond motifs is 1. The van der Waals surface area contributed by atoms with E-state index in [2.05, 4.69) is 20.5 Å². The summed E-state index contributed by atoms with van der Waals surface area (Å²) in [6.07, 6.45) is 4.43. The molecule has 1 aliphatic carbocycles. The van der Waals surface area contributed by atoms with E-state index in [9.17, 15) is 9.59 Å². The SMILES string of the molecule is O=C(CC1CCCN(c2nc3ccc(Cl)cc3o2)C1)NCC(=O)NC1CC1. The van der Waals surface area contributed by atoms with E-state index in [-0.39, 0.29) is 24.3 Å². The fourth-order valence-electron chi connectivity index (χ4n) is 3.45. The van der Waals surface area contributed by atoms with Crippen LogP contribution in [0.3, 0.4) is 0 Å². The summed E-state index contributed by atoms with van der Waals surface area (Å²) in [7, 11) is 0. The highest BCUT2D eigenvalue weighted by Crippen LogP contribution is 2.28. The second kappa shape index (κ2) is 7.76. The fourth-order valence-corrected chi connectivity index (χ4v) is 3.61. The molecule has 1 aromatic carbocycles. The molecule has 1 atom stereocenters. The molecule has 0 bridgehead atoms. The van der Waals surface area contributed by atoms with Gasteiger partial charge < -0.3 is 20.0 Å². The monoisotopic (exact) mass is 390 g/mol. The van der Waals surface area contributed by atoms with E-state index in [1.807, 2.05) is 6.07 Å². The summed E-state index contributed by atoms with van der Waals surface area (Å²) in [4.78, 5) is 30.5. The highest BCUT2D eigenvalue weighted by atomic mass is 35.5. The lowest BCUT2D eigenvalue weighted by atomic mass is 9.94. The van der Waals surface area contributed by atoms with Crippen LogP contribution in [0.15, 0.2) is 22.6 Å². The number of amides is 2. The first-order chi connectivity index (χ1) is 13.1. The number of carbonyl (C=O) groups excluding carboxylic acids is 2. The normalized spacial score (nSPS) is 19.9. The summed E-state index contributed by atoms with van der Waals surface area (Å²) in [6.45, 7) is 1.61. The van der Waals surface area contributed by atoms with Gasteiger partial charge in [0.1, 0.15) is 5.52 Å². The van der Waals surface area contributed by atoms with Crippen LogP contribution in [-0.4, -0.2) is 42.5 Å². The molecule has 0 spiro atoms. The number of nitrogens with one attached hydrogen (secondary N) is 2. The van der Waals surface area contributed by atoms with Gasteiger partial charge in [-0.3, -0.25) is 9.59 Å². The molecule has 1 unspecified atom stereocenters. The Bertz CT molecular complexity index is 849. The molecule has 0 radical (unpaired) electrons. The van der Waals surface area contributed by atoms with Gasteiger partial charge in [-0.05, 0) is 43.7 Å². The van der Waals surface area contributed by atoms with Gasteiger partial charge in [0.05, 0.1) is 6.54 Å². The van der Waals surface area contributed by atoms with Crippen LogP contribution in [0.1, 0.15) is 32.1 Å². The number of nitrogens with zero attached hydrogens (tertiary/aromatic N) is 2. The minimum atomic E-state index is -0.110. The molecule has 144 valence electrons. The Labute approximate surface area is 162 Å². The molecule has 2 amide bonds. The summed E-state index contributed by atoms with van der Waals surface area (Å²) in [5.41, 5.74) is 1.44. The molecule has 2 aromatic rings. The maximum atomic E-state index is 12.2. The third-order valence-electron chi connectivity index (χ3n) is 4.99. The maximum absolute atomic E-state index is 12.2. The first-order valence-corrected chi connectivity index (χ1v) is 9.82. The molecule has 7 nitrogen and oxygen atoms in total. The fraction of sp³-hybridized carbons (Fsp3) is 0.526. The zero-order valence-corrected chi connectivity index (χ0v) is 15.8. The van der Waals surface area contributed by atoms with Crippen molar-refractivity contribution >= 4 is 40.5 Å². The van der Waals surface area contributed by atoms with Crippen molar-refractivity contribution in [3.63, 3.8) is 0 Å². The number of piperidine rings is 1. The number of aromatic nitrogens is 1. The van der Waals surface area contributed by atoms with E-state index in [4.69, 9.17) is 16.0 Å². The Morgan fingerprint density at radius 1 is 1.26 bits per heavy atom. The van der Waals surface area contributed by atoms with Crippen LogP contribution in [0.25, 0.3) is 11.1 Å². The Morgan fingerprint density at radius 2 is 2.11 bits per heavy atom. The largest absolute Gasteiger partial charge is 0.423 e. The number of oxazole rings is 1. The van der Waals surface area contributed by atoms with Crippen molar-refractivity contribution in [1.82, 2.24) is 15.6 Å². The second-order valence-corrected chi connectivity index (χ2v) is 7.82. The molecule has 27 heavy (non-hydrogen) atoms. The molecular weight excluding hydrogens is 368 g/mol. The Kier molecular flexibility index (Phi) is 5.20. The standard InChI is InChI=1S/C19H23ClN4O3/c20-13-3-6-15-16(9-13)27-19(23-15)24-7-1-2-12(11-24)8-17(25)21-10-18(26)22-14-4-5-14/h3,6,9,12,14H,1-2,4-5,7-8,10-11H2,(H,21,25)(H,22,26). The van der Waals surface area contributed by atoms with E-state index >= 15 is 0 Å². The summed E-state index contributed by atoms with van der Waals surface area (Å²) >= 11 is 6.00. The Hall–Kier alpha value is -2.28. The second-order valence-electron chi connectivity index (χ2n) is 7.39. The lowest BCUT2D eigenvalue weighted by molar-refractivity contribution is -0.126. The molecule has 8 heteroatoms. The quantitative estimate of drug-likeness (QED) is 0.791. The molecular formula is C19H23ClN4O3. The van der Waals surface area contributed by atoms with Gasteiger partial charge in [-0.25, -0.2) is 0 Å². The van der Waals surface area contributed by atoms with E-state index in [0.29, 0.717) is 35.6 Å². The summed E-state index contributed by atoms with van der Waals surface area (Å²) < 4.78 is 5.84. The first kappa shape index (κ1) is 18.1. The lowest BCUT2D eigenvalue weighted by Crippen LogP contribution is -2.41. The number of hydrogen-bond acceptors (Lipinski definition) is 5. The number of rotatable bonds is 6. The minimum absolute atomic E-state index is 0.0532. The minimum Gasteiger partial charge on any atom is -0.423 e. The predicted octanol–water partition coefficient (Wildman–Crippen LogP) is 2.48. The van der Waals surface area contributed by atoms with Crippen molar-refractivity contribution in [2.45, 2.75) is 38.1 Å². The third-order valence-corrected chi connectivity index (χ3v) is 5.23. The highest BCUT2D eigenvalue weighted by Gasteiger charge is 2.26. The van der Waals surface area contributed by atoms with Gasteiger partial charge in [0, 0.05) is 36.6 Å². The van der Waals surface area contributed by atoms with Gasteiger partial charge in [0.25, 0.3) is 6.01 Å². The van der Waals surface area contributed by atoms with E-state index < -0.39 is 0 Å². The molecule has 1 aromatic heterocycles. The van der Waals surface area contributed by atoms with Crippen molar-refractivity contribution in [2.75, 3.05) is 24.5 Å². The van der Waals surface area contributed by atoms with Crippen molar-refractivity contribution in [1.29, 1.82) is 0 Å². The van der Waals surface area contributed by atoms with Crippen LogP contribution in [-0.2, 0) is 9.59 Å². The van der Waals surface area contributed by atoms with Crippen LogP contribution in [0.2, 0.25) is 5.02 Å². The first-order valence-electron chi connectivity index (χ1n) is 9.44. The van der Waals surface area contributed by atoms with Crippen LogP contribution in [0.4, 0.5) is 6.01 Å². The average molecular weight is 391 g/mol. The van der Waals surface area contributed by atoms with Crippen molar-refractivity contribution in [2.24, 2.45) is 5.92 Å². The smallest absolute Gasteiger partial charge is 0.298 e. The summed E-state index contributed by atoms with van der Waals surface area (Å²) in [5, 5.41) is 6.20. The molecule has 1 saturated carbocycles. The van der Waals surface area contributed by atoms with Crippen molar-refractivity contribution < 1.29 is 14.0 Å². The molecule has 4 rings (SSSR count). The average Bonchev–Trinajstić information content (AvgIpc) is 3.35. The number of carbonyl (C=O) groups is 2. The zero-order valence-electron chi connectivity index (χ0n) is 15.0. The van der Waals surface area contributed by atoms with Crippen molar-refractivity contribution in [3.8, 4) is 0 Å². The van der Waals surface area contributed by atoms with Gasteiger partial charge in [-0.1, -0.05) is 11.6 Å². The Morgan fingerprint density at radius 3 is 2.93 bits per heavy atom. The summed E-state index contributed by atoms with van der Waals surface area (Å²) in [6, 6.07) is 6.27. The third kappa shape index (κ3) is 4.71. The van der Waals surface area contributed by atoms with Gasteiger partial charge in [0.2, 0.25) is 11.8 Å².